The van der Waals surface area contributed by atoms with Crippen LogP contribution >= 0.6 is 0 Å². The van der Waals surface area contributed by atoms with E-state index >= 15 is 0 Å². The van der Waals surface area contributed by atoms with Crippen molar-refractivity contribution in [3.8, 4) is 5.75 Å². The first kappa shape index (κ1) is 21.3. The van der Waals surface area contributed by atoms with E-state index in [1.807, 2.05) is 30.5 Å². The van der Waals surface area contributed by atoms with Crippen molar-refractivity contribution >= 4 is 5.91 Å². The number of nitrogens with one attached hydrogen (secondary N) is 2. The first-order chi connectivity index (χ1) is 16.1. The molecule has 0 bridgehead atoms. The minimum atomic E-state index is -0.156. The summed E-state index contributed by atoms with van der Waals surface area (Å²) in [6.45, 7) is 2.51. The van der Waals surface area contributed by atoms with Gasteiger partial charge in [0.1, 0.15) is 18.5 Å². The minimum Gasteiger partial charge on any atom is -0.487 e. The predicted octanol–water partition coefficient (Wildman–Crippen LogP) is 3.69. The van der Waals surface area contributed by atoms with Crippen molar-refractivity contribution in [1.29, 1.82) is 0 Å². The molecule has 3 aliphatic rings. The zero-order valence-electron chi connectivity index (χ0n) is 18.8. The molecule has 7 heteroatoms. The molecule has 33 heavy (non-hydrogen) atoms. The van der Waals surface area contributed by atoms with Gasteiger partial charge in [-0.05, 0) is 68.3 Å². The van der Waals surface area contributed by atoms with E-state index in [9.17, 15) is 4.79 Å². The predicted molar refractivity (Wildman–Crippen MR) is 125 cm³/mol. The van der Waals surface area contributed by atoms with Crippen molar-refractivity contribution in [2.24, 2.45) is 5.92 Å². The quantitative estimate of drug-likeness (QED) is 0.679. The summed E-state index contributed by atoms with van der Waals surface area (Å²) in [6.07, 6.45) is 10.3. The first-order valence-electron chi connectivity index (χ1n) is 11.2. The van der Waals surface area contributed by atoms with Crippen molar-refractivity contribution in [2.45, 2.75) is 38.6 Å². The average molecular weight is 445 g/mol. The van der Waals surface area contributed by atoms with Gasteiger partial charge >= 0.3 is 0 Å². The third-order valence-electron chi connectivity index (χ3n) is 6.44. The van der Waals surface area contributed by atoms with Crippen LogP contribution in [0.25, 0.3) is 0 Å². The van der Waals surface area contributed by atoms with Crippen LogP contribution < -0.4 is 15.4 Å². The lowest BCUT2D eigenvalue weighted by Crippen LogP contribution is -2.39. The fourth-order valence-corrected chi connectivity index (χ4v) is 4.41. The second kappa shape index (κ2) is 9.11. The highest BCUT2D eigenvalue weighted by molar-refractivity contribution is 5.95. The summed E-state index contributed by atoms with van der Waals surface area (Å²) >= 11 is 0. The van der Waals surface area contributed by atoms with Crippen LogP contribution in [0.3, 0.4) is 0 Å². The van der Waals surface area contributed by atoms with E-state index in [-0.39, 0.29) is 12.1 Å². The molecule has 2 aliphatic heterocycles. The molecule has 7 nitrogen and oxygen atoms in total. The number of pyridine rings is 1. The summed E-state index contributed by atoms with van der Waals surface area (Å²) in [7, 11) is 1.77. The van der Waals surface area contributed by atoms with Crippen LogP contribution in [0.2, 0.25) is 0 Å². The second-order valence-electron chi connectivity index (χ2n) is 8.55. The third-order valence-corrected chi connectivity index (χ3v) is 6.44. The van der Waals surface area contributed by atoms with E-state index in [1.54, 1.807) is 37.6 Å². The molecule has 0 radical (unpaired) electrons. The standard InChI is InChI=1S/C26H28N4O3/c1-17-25(19-13-23(14-19)32-2)29-24-11-8-20(15-30(17)24)28-26(31)18-6-9-22(10-7-18)33-16-21-5-3-4-12-27-21/h3-12,15,19,23-24,29H,13-14,16H2,1-2H3,(H,28,31). The highest BCUT2D eigenvalue weighted by atomic mass is 16.5. The number of benzene rings is 1. The first-order valence-corrected chi connectivity index (χ1v) is 11.2. The molecule has 2 N–H and O–H groups in total. The van der Waals surface area contributed by atoms with E-state index in [4.69, 9.17) is 9.47 Å². The lowest BCUT2D eigenvalue weighted by molar-refractivity contribution is 0.0111. The Bertz CT molecular complexity index is 1100. The molecule has 0 saturated heterocycles. The number of allylic oxidation sites excluding steroid dienone is 3. The molecule has 1 amide bonds. The molecule has 1 fully saturated rings. The third kappa shape index (κ3) is 4.50. The van der Waals surface area contributed by atoms with Crippen LogP contribution in [0, 0.1) is 5.92 Å². The normalized spacial score (nSPS) is 23.4. The highest BCUT2D eigenvalue weighted by Gasteiger charge is 2.38. The Balaban J connectivity index is 1.19. The summed E-state index contributed by atoms with van der Waals surface area (Å²) in [6, 6.07) is 12.8. The summed E-state index contributed by atoms with van der Waals surface area (Å²) in [5.41, 5.74) is 4.67. The molecule has 1 aromatic heterocycles. The van der Waals surface area contributed by atoms with E-state index < -0.39 is 0 Å². The van der Waals surface area contributed by atoms with Gasteiger partial charge < -0.3 is 25.0 Å². The van der Waals surface area contributed by atoms with Gasteiger partial charge in [0, 0.05) is 42.4 Å². The molecule has 1 unspecified atom stereocenters. The van der Waals surface area contributed by atoms with Gasteiger partial charge in [-0.3, -0.25) is 9.78 Å². The Morgan fingerprint density at radius 3 is 2.76 bits per heavy atom. The van der Waals surface area contributed by atoms with Gasteiger partial charge in [-0.2, -0.15) is 0 Å². The second-order valence-corrected chi connectivity index (χ2v) is 8.55. The van der Waals surface area contributed by atoms with Gasteiger partial charge in [0.2, 0.25) is 0 Å². The lowest BCUT2D eigenvalue weighted by Gasteiger charge is -2.35. The van der Waals surface area contributed by atoms with Crippen molar-refractivity contribution in [2.75, 3.05) is 7.11 Å². The Labute approximate surface area is 193 Å². The molecule has 2 aromatic rings. The van der Waals surface area contributed by atoms with Gasteiger partial charge in [0.25, 0.3) is 5.91 Å². The Kier molecular flexibility index (Phi) is 5.88. The molecule has 3 heterocycles. The summed E-state index contributed by atoms with van der Waals surface area (Å²) < 4.78 is 11.2. The smallest absolute Gasteiger partial charge is 0.255 e. The Hall–Kier alpha value is -3.58. The Morgan fingerprint density at radius 2 is 2.03 bits per heavy atom. The highest BCUT2D eigenvalue weighted by Crippen LogP contribution is 2.39. The van der Waals surface area contributed by atoms with Gasteiger partial charge in [-0.25, -0.2) is 0 Å². The summed E-state index contributed by atoms with van der Waals surface area (Å²) in [4.78, 5) is 19.2. The molecule has 0 spiro atoms. The number of rotatable bonds is 7. The average Bonchev–Trinajstić information content (AvgIpc) is 3.13. The zero-order valence-corrected chi connectivity index (χ0v) is 18.8. The topological polar surface area (TPSA) is 75.7 Å². The van der Waals surface area contributed by atoms with Crippen molar-refractivity contribution in [3.05, 3.63) is 95.4 Å². The lowest BCUT2D eigenvalue weighted by atomic mass is 9.79. The minimum absolute atomic E-state index is 0.0952. The molecule has 170 valence electrons. The largest absolute Gasteiger partial charge is 0.487 e. The summed E-state index contributed by atoms with van der Waals surface area (Å²) in [5.74, 6) is 1.05. The van der Waals surface area contributed by atoms with Gasteiger partial charge in [0.05, 0.1) is 17.5 Å². The Morgan fingerprint density at radius 1 is 1.21 bits per heavy atom. The molecule has 1 aromatic carbocycles. The number of carbonyl (C=O) groups is 1. The number of methoxy groups -OCH3 is 1. The van der Waals surface area contributed by atoms with Crippen LogP contribution in [0.4, 0.5) is 0 Å². The van der Waals surface area contributed by atoms with Crippen LogP contribution in [0.15, 0.2) is 84.1 Å². The maximum absolute atomic E-state index is 12.8. The number of ether oxygens (including phenoxy) is 2. The molecular formula is C26H28N4O3. The van der Waals surface area contributed by atoms with Crippen LogP contribution in [-0.4, -0.2) is 35.2 Å². The number of hydrogen-bond acceptors (Lipinski definition) is 6. The maximum Gasteiger partial charge on any atom is 0.255 e. The molecular weight excluding hydrogens is 416 g/mol. The van der Waals surface area contributed by atoms with E-state index in [0.29, 0.717) is 29.9 Å². The van der Waals surface area contributed by atoms with Gasteiger partial charge in [-0.1, -0.05) is 6.07 Å². The van der Waals surface area contributed by atoms with E-state index in [2.05, 4.69) is 33.5 Å². The number of hydrogen-bond donors (Lipinski definition) is 2. The molecule has 5 rings (SSSR count). The maximum atomic E-state index is 12.8. The zero-order chi connectivity index (χ0) is 22.8. The summed E-state index contributed by atoms with van der Waals surface area (Å²) in [5, 5.41) is 6.62. The van der Waals surface area contributed by atoms with E-state index in [1.165, 1.54) is 11.4 Å². The number of carbonyl (C=O) groups excluding carboxylic acids is 1. The van der Waals surface area contributed by atoms with Crippen molar-refractivity contribution < 1.29 is 14.3 Å². The van der Waals surface area contributed by atoms with Crippen LogP contribution in [-0.2, 0) is 11.3 Å². The van der Waals surface area contributed by atoms with Crippen LogP contribution in [0.5, 0.6) is 5.75 Å². The monoisotopic (exact) mass is 444 g/mol. The fourth-order valence-electron chi connectivity index (χ4n) is 4.41. The van der Waals surface area contributed by atoms with E-state index in [0.717, 1.165) is 24.2 Å². The molecule has 1 saturated carbocycles. The van der Waals surface area contributed by atoms with Crippen molar-refractivity contribution in [1.82, 2.24) is 20.5 Å². The fraction of sp³-hybridized carbons (Fsp3) is 0.308. The van der Waals surface area contributed by atoms with Crippen LogP contribution in [0.1, 0.15) is 35.8 Å². The van der Waals surface area contributed by atoms with Gasteiger partial charge in [0.15, 0.2) is 0 Å². The number of aromatic nitrogens is 1. The van der Waals surface area contributed by atoms with Crippen molar-refractivity contribution in [3.63, 3.8) is 0 Å². The molecule has 1 atom stereocenters. The number of amides is 1. The van der Waals surface area contributed by atoms with Gasteiger partial charge in [-0.15, -0.1) is 0 Å². The number of fused-ring (bicyclic) bond motifs is 1. The SMILES string of the molecule is COC1CC(C2=C(C)N3C=C(NC(=O)c4ccc(OCc5ccccn5)cc4)C=CC3N2)C1. The number of nitrogens with zero attached hydrogens (tertiary/aromatic N) is 2. The molecule has 1 aliphatic carbocycles.